The Bertz CT molecular complexity index is 374. The van der Waals surface area contributed by atoms with E-state index in [1.807, 2.05) is 6.07 Å². The minimum Gasteiger partial charge on any atom is -0.384 e. The number of rotatable bonds is 3. The molecule has 0 aliphatic carbocycles. The van der Waals surface area contributed by atoms with Gasteiger partial charge in [0.25, 0.3) is 0 Å². The molecule has 0 unspecified atom stereocenters. The van der Waals surface area contributed by atoms with Crippen molar-refractivity contribution in [3.8, 4) is 0 Å². The van der Waals surface area contributed by atoms with Gasteiger partial charge in [0.15, 0.2) is 0 Å². The Kier molecular flexibility index (Phi) is 4.88. The highest BCUT2D eigenvalue weighted by Crippen LogP contribution is 2.27. The third kappa shape index (κ3) is 3.97. The van der Waals surface area contributed by atoms with Gasteiger partial charge >= 0.3 is 0 Å². The van der Waals surface area contributed by atoms with E-state index in [1.54, 1.807) is 0 Å². The van der Waals surface area contributed by atoms with Gasteiger partial charge in [0.2, 0.25) is 0 Å². The van der Waals surface area contributed by atoms with Crippen molar-refractivity contribution in [1.29, 1.82) is 0 Å². The SMILES string of the molecule is CN1CCC(CNc2cc(Br)ccc2Br)CC1. The maximum Gasteiger partial charge on any atom is 0.0496 e. The van der Waals surface area contributed by atoms with Crippen LogP contribution in [-0.4, -0.2) is 31.6 Å². The smallest absolute Gasteiger partial charge is 0.0496 e. The molecule has 0 saturated carbocycles. The molecule has 1 aromatic carbocycles. The molecule has 1 saturated heterocycles. The Morgan fingerprint density at radius 1 is 1.29 bits per heavy atom. The van der Waals surface area contributed by atoms with Crippen molar-refractivity contribution in [3.63, 3.8) is 0 Å². The lowest BCUT2D eigenvalue weighted by atomic mass is 9.97. The lowest BCUT2D eigenvalue weighted by molar-refractivity contribution is 0.226. The molecule has 17 heavy (non-hydrogen) atoms. The van der Waals surface area contributed by atoms with E-state index in [9.17, 15) is 0 Å². The van der Waals surface area contributed by atoms with E-state index in [0.29, 0.717) is 0 Å². The fourth-order valence-corrected chi connectivity index (χ4v) is 2.90. The first kappa shape index (κ1) is 13.4. The molecule has 0 aromatic heterocycles. The number of halogens is 2. The zero-order valence-electron chi connectivity index (χ0n) is 10.0. The van der Waals surface area contributed by atoms with Crippen LogP contribution in [0.4, 0.5) is 5.69 Å². The van der Waals surface area contributed by atoms with Crippen LogP contribution in [-0.2, 0) is 0 Å². The van der Waals surface area contributed by atoms with E-state index in [-0.39, 0.29) is 0 Å². The average Bonchev–Trinajstić information content (AvgIpc) is 2.32. The van der Waals surface area contributed by atoms with E-state index in [4.69, 9.17) is 0 Å². The molecule has 1 aromatic rings. The maximum absolute atomic E-state index is 3.57. The van der Waals surface area contributed by atoms with E-state index < -0.39 is 0 Å². The van der Waals surface area contributed by atoms with Crippen molar-refractivity contribution in [3.05, 3.63) is 27.1 Å². The molecule has 1 aliphatic rings. The van der Waals surface area contributed by atoms with Crippen molar-refractivity contribution in [2.24, 2.45) is 5.92 Å². The molecule has 0 bridgehead atoms. The number of hydrogen-bond acceptors (Lipinski definition) is 2. The topological polar surface area (TPSA) is 15.3 Å². The molecule has 1 aliphatic heterocycles. The van der Waals surface area contributed by atoms with Gasteiger partial charge in [-0.3, -0.25) is 0 Å². The van der Waals surface area contributed by atoms with Crippen LogP contribution in [0, 0.1) is 5.92 Å². The standard InChI is InChI=1S/C13H18Br2N2/c1-17-6-4-10(5-7-17)9-16-13-8-11(14)2-3-12(13)15/h2-3,8,10,16H,4-7,9H2,1H3. The largest absolute Gasteiger partial charge is 0.384 e. The Morgan fingerprint density at radius 2 is 2.00 bits per heavy atom. The number of benzene rings is 1. The third-order valence-corrected chi connectivity index (χ3v) is 4.53. The number of piperidine rings is 1. The normalized spacial score (nSPS) is 18.3. The molecule has 1 N–H and O–H groups in total. The van der Waals surface area contributed by atoms with Crippen LogP contribution in [0.3, 0.4) is 0 Å². The number of nitrogens with one attached hydrogen (secondary N) is 1. The molecule has 94 valence electrons. The summed E-state index contributed by atoms with van der Waals surface area (Å²) in [5.41, 5.74) is 1.18. The molecule has 0 spiro atoms. The van der Waals surface area contributed by atoms with Crippen molar-refractivity contribution in [2.75, 3.05) is 32.0 Å². The molecule has 1 fully saturated rings. The predicted molar refractivity (Wildman–Crippen MR) is 80.6 cm³/mol. The highest BCUT2D eigenvalue weighted by atomic mass is 79.9. The van der Waals surface area contributed by atoms with Crippen LogP contribution in [0.5, 0.6) is 0 Å². The van der Waals surface area contributed by atoms with Gasteiger partial charge in [0.05, 0.1) is 0 Å². The van der Waals surface area contributed by atoms with E-state index in [0.717, 1.165) is 21.4 Å². The van der Waals surface area contributed by atoms with E-state index in [2.05, 4.69) is 61.3 Å². The summed E-state index contributed by atoms with van der Waals surface area (Å²) in [4.78, 5) is 2.41. The van der Waals surface area contributed by atoms with Gasteiger partial charge in [0, 0.05) is 21.2 Å². The molecular formula is C13H18Br2N2. The van der Waals surface area contributed by atoms with Crippen molar-refractivity contribution < 1.29 is 0 Å². The van der Waals surface area contributed by atoms with Crippen LogP contribution in [0.2, 0.25) is 0 Å². The average molecular weight is 362 g/mol. The summed E-state index contributed by atoms with van der Waals surface area (Å²) >= 11 is 7.08. The summed E-state index contributed by atoms with van der Waals surface area (Å²) in [5, 5.41) is 3.54. The minimum absolute atomic E-state index is 0.803. The summed E-state index contributed by atoms with van der Waals surface area (Å²) in [5.74, 6) is 0.803. The van der Waals surface area contributed by atoms with Gasteiger partial charge in [-0.15, -0.1) is 0 Å². The first-order valence-electron chi connectivity index (χ1n) is 6.02. The molecular weight excluding hydrogens is 344 g/mol. The van der Waals surface area contributed by atoms with Gasteiger partial charge in [0.1, 0.15) is 0 Å². The third-order valence-electron chi connectivity index (χ3n) is 3.35. The second-order valence-electron chi connectivity index (χ2n) is 4.75. The van der Waals surface area contributed by atoms with Crippen molar-refractivity contribution >= 4 is 37.5 Å². The predicted octanol–water partition coefficient (Wildman–Crippen LogP) is 3.97. The number of likely N-dealkylation sites (tertiary alicyclic amines) is 1. The Labute approximate surface area is 120 Å². The zero-order valence-corrected chi connectivity index (χ0v) is 13.2. The molecule has 1 heterocycles. The summed E-state index contributed by atoms with van der Waals surface area (Å²) in [6.07, 6.45) is 2.60. The summed E-state index contributed by atoms with van der Waals surface area (Å²) in [6.45, 7) is 3.53. The summed E-state index contributed by atoms with van der Waals surface area (Å²) in [7, 11) is 2.20. The van der Waals surface area contributed by atoms with Gasteiger partial charge in [-0.1, -0.05) is 15.9 Å². The van der Waals surface area contributed by atoms with Crippen LogP contribution >= 0.6 is 31.9 Å². The van der Waals surface area contributed by atoms with Gasteiger partial charge in [-0.2, -0.15) is 0 Å². The fraction of sp³-hybridized carbons (Fsp3) is 0.538. The first-order valence-corrected chi connectivity index (χ1v) is 7.61. The first-order chi connectivity index (χ1) is 8.15. The van der Waals surface area contributed by atoms with Crippen LogP contribution in [0.1, 0.15) is 12.8 Å². The van der Waals surface area contributed by atoms with Crippen molar-refractivity contribution in [2.45, 2.75) is 12.8 Å². The minimum atomic E-state index is 0.803. The monoisotopic (exact) mass is 360 g/mol. The molecule has 4 heteroatoms. The Hall–Kier alpha value is -0.0600. The highest BCUT2D eigenvalue weighted by molar-refractivity contribution is 9.11. The summed E-state index contributed by atoms with van der Waals surface area (Å²) in [6, 6.07) is 6.24. The number of hydrogen-bond donors (Lipinski definition) is 1. The molecule has 2 nitrogen and oxygen atoms in total. The number of nitrogens with zero attached hydrogens (tertiary/aromatic N) is 1. The van der Waals surface area contributed by atoms with Gasteiger partial charge < -0.3 is 10.2 Å². The Balaban J connectivity index is 1.87. The number of anilines is 1. The quantitative estimate of drug-likeness (QED) is 0.876. The second kappa shape index (κ2) is 6.21. The molecule has 0 amide bonds. The van der Waals surface area contributed by atoms with Crippen LogP contribution < -0.4 is 5.32 Å². The lowest BCUT2D eigenvalue weighted by Crippen LogP contribution is -2.32. The molecule has 2 rings (SSSR count). The fourth-order valence-electron chi connectivity index (χ4n) is 2.15. The highest BCUT2D eigenvalue weighted by Gasteiger charge is 2.16. The summed E-state index contributed by atoms with van der Waals surface area (Å²) < 4.78 is 2.25. The molecule has 0 atom stereocenters. The van der Waals surface area contributed by atoms with Crippen molar-refractivity contribution in [1.82, 2.24) is 4.90 Å². The zero-order chi connectivity index (χ0) is 12.3. The van der Waals surface area contributed by atoms with Gasteiger partial charge in [-0.05, 0) is 73.0 Å². The maximum atomic E-state index is 3.57. The Morgan fingerprint density at radius 3 is 2.71 bits per heavy atom. The lowest BCUT2D eigenvalue weighted by Gasteiger charge is -2.29. The van der Waals surface area contributed by atoms with E-state index in [1.165, 1.54) is 31.6 Å². The van der Waals surface area contributed by atoms with Crippen LogP contribution in [0.15, 0.2) is 27.1 Å². The second-order valence-corrected chi connectivity index (χ2v) is 6.52. The van der Waals surface area contributed by atoms with E-state index >= 15 is 0 Å². The van der Waals surface area contributed by atoms with Gasteiger partial charge in [-0.25, -0.2) is 0 Å². The molecule has 0 radical (unpaired) electrons. The van der Waals surface area contributed by atoms with Crippen LogP contribution in [0.25, 0.3) is 0 Å².